The Morgan fingerprint density at radius 2 is 2.26 bits per heavy atom. The van der Waals surface area contributed by atoms with Gasteiger partial charge in [-0.2, -0.15) is 5.26 Å². The summed E-state index contributed by atoms with van der Waals surface area (Å²) >= 11 is 6.80. The average molecular weight is 351 g/mol. The number of hydrogen-bond acceptors (Lipinski definition) is 7. The maximum atomic E-state index is 11.9. The minimum absolute atomic E-state index is 0.227. The standard InChI is InChI=1S/C14H11ClN4O3S/c1-2-11-13(23-19-18-11)14(21)22-7-12(20)17-9-4-3-8(6-16)10(15)5-9/h3-5H,2,7H2,1H3,(H,17,20). The lowest BCUT2D eigenvalue weighted by Crippen LogP contribution is -2.21. The van der Waals surface area contributed by atoms with E-state index in [4.69, 9.17) is 21.6 Å². The number of esters is 1. The summed E-state index contributed by atoms with van der Waals surface area (Å²) in [6, 6.07) is 6.38. The molecule has 1 amide bonds. The lowest BCUT2D eigenvalue weighted by atomic mass is 10.2. The predicted molar refractivity (Wildman–Crippen MR) is 84.4 cm³/mol. The van der Waals surface area contributed by atoms with E-state index >= 15 is 0 Å². The molecule has 1 aromatic heterocycles. The molecule has 0 bridgehead atoms. The lowest BCUT2D eigenvalue weighted by Gasteiger charge is -2.07. The van der Waals surface area contributed by atoms with Gasteiger partial charge in [0, 0.05) is 5.69 Å². The molecule has 0 saturated carbocycles. The van der Waals surface area contributed by atoms with Crippen LogP contribution in [0.25, 0.3) is 0 Å². The van der Waals surface area contributed by atoms with Crippen molar-refractivity contribution < 1.29 is 14.3 Å². The second-order valence-electron chi connectivity index (χ2n) is 4.33. The molecule has 0 radical (unpaired) electrons. The highest BCUT2D eigenvalue weighted by molar-refractivity contribution is 7.07. The van der Waals surface area contributed by atoms with Gasteiger partial charge in [-0.15, -0.1) is 5.10 Å². The van der Waals surface area contributed by atoms with E-state index in [1.807, 2.05) is 13.0 Å². The zero-order valence-corrected chi connectivity index (χ0v) is 13.6. The van der Waals surface area contributed by atoms with E-state index < -0.39 is 18.5 Å². The number of aryl methyl sites for hydroxylation is 1. The van der Waals surface area contributed by atoms with Gasteiger partial charge >= 0.3 is 5.97 Å². The monoisotopic (exact) mass is 350 g/mol. The number of amides is 1. The quantitative estimate of drug-likeness (QED) is 0.830. The largest absolute Gasteiger partial charge is 0.451 e. The highest BCUT2D eigenvalue weighted by Crippen LogP contribution is 2.20. The molecule has 1 N–H and O–H groups in total. The molecule has 0 fully saturated rings. The van der Waals surface area contributed by atoms with Gasteiger partial charge in [0.15, 0.2) is 11.5 Å². The number of nitrogens with one attached hydrogen (secondary N) is 1. The average Bonchev–Trinajstić information content (AvgIpc) is 3.01. The van der Waals surface area contributed by atoms with Crippen LogP contribution >= 0.6 is 23.1 Å². The summed E-state index contributed by atoms with van der Waals surface area (Å²) in [5.41, 5.74) is 1.25. The number of rotatable bonds is 5. The first kappa shape index (κ1) is 16.9. The van der Waals surface area contributed by atoms with Crippen LogP contribution in [0.4, 0.5) is 5.69 Å². The van der Waals surface area contributed by atoms with Crippen LogP contribution in [0.3, 0.4) is 0 Å². The van der Waals surface area contributed by atoms with Crippen molar-refractivity contribution in [1.82, 2.24) is 9.59 Å². The molecule has 0 aliphatic rings. The van der Waals surface area contributed by atoms with Crippen LogP contribution in [0.15, 0.2) is 18.2 Å². The summed E-state index contributed by atoms with van der Waals surface area (Å²) in [5.74, 6) is -1.15. The SMILES string of the molecule is CCc1nnsc1C(=O)OCC(=O)Nc1ccc(C#N)c(Cl)c1. The molecule has 0 aliphatic heterocycles. The van der Waals surface area contributed by atoms with Crippen molar-refractivity contribution in [2.75, 3.05) is 11.9 Å². The summed E-state index contributed by atoms with van der Waals surface area (Å²) in [7, 11) is 0. The van der Waals surface area contributed by atoms with E-state index in [1.54, 1.807) is 0 Å². The van der Waals surface area contributed by atoms with Gasteiger partial charge in [0.05, 0.1) is 16.3 Å². The molecule has 9 heteroatoms. The first-order valence-electron chi connectivity index (χ1n) is 6.53. The summed E-state index contributed by atoms with van der Waals surface area (Å²) in [4.78, 5) is 23.9. The van der Waals surface area contributed by atoms with Crippen LogP contribution in [-0.2, 0) is 16.0 Å². The Balaban J connectivity index is 1.92. The summed E-state index contributed by atoms with van der Waals surface area (Å²) < 4.78 is 8.62. The molecule has 23 heavy (non-hydrogen) atoms. The Bertz CT molecular complexity index is 785. The number of nitriles is 1. The molecule has 1 aromatic carbocycles. The maximum absolute atomic E-state index is 11.9. The van der Waals surface area contributed by atoms with Crippen molar-refractivity contribution in [2.24, 2.45) is 0 Å². The Kier molecular flexibility index (Phi) is 5.62. The van der Waals surface area contributed by atoms with Gasteiger partial charge in [-0.25, -0.2) is 4.79 Å². The summed E-state index contributed by atoms with van der Waals surface area (Å²) in [6.45, 7) is 1.40. The molecule has 2 aromatic rings. The first-order chi connectivity index (χ1) is 11.0. The van der Waals surface area contributed by atoms with Crippen molar-refractivity contribution in [2.45, 2.75) is 13.3 Å². The van der Waals surface area contributed by atoms with Gasteiger partial charge < -0.3 is 10.1 Å². The van der Waals surface area contributed by atoms with Crippen molar-refractivity contribution in [3.8, 4) is 6.07 Å². The minimum Gasteiger partial charge on any atom is -0.451 e. The Hall–Kier alpha value is -2.50. The van der Waals surface area contributed by atoms with E-state index in [-0.39, 0.29) is 5.02 Å². The van der Waals surface area contributed by atoms with Gasteiger partial charge in [0.2, 0.25) is 0 Å². The van der Waals surface area contributed by atoms with E-state index in [1.165, 1.54) is 18.2 Å². The fourth-order valence-electron chi connectivity index (χ4n) is 1.67. The Morgan fingerprint density at radius 3 is 2.91 bits per heavy atom. The fraction of sp³-hybridized carbons (Fsp3) is 0.214. The van der Waals surface area contributed by atoms with Gasteiger partial charge in [-0.05, 0) is 36.2 Å². The molecule has 1 heterocycles. The number of ether oxygens (including phenoxy) is 1. The molecular formula is C14H11ClN4O3S. The number of carbonyl (C=O) groups excluding carboxylic acids is 2. The highest BCUT2D eigenvalue weighted by atomic mass is 35.5. The zero-order valence-electron chi connectivity index (χ0n) is 12.0. The van der Waals surface area contributed by atoms with Crippen molar-refractivity contribution >= 4 is 40.7 Å². The molecule has 7 nitrogen and oxygen atoms in total. The third kappa shape index (κ3) is 4.25. The number of aromatic nitrogens is 2. The topological polar surface area (TPSA) is 105 Å². The number of hydrogen-bond donors (Lipinski definition) is 1. The van der Waals surface area contributed by atoms with E-state index in [0.717, 1.165) is 11.5 Å². The minimum atomic E-state index is -0.634. The Labute approximate surface area is 141 Å². The van der Waals surface area contributed by atoms with Gasteiger partial charge in [-0.1, -0.05) is 23.0 Å². The predicted octanol–water partition coefficient (Wildman–Crippen LogP) is 2.42. The number of halogens is 1. The molecule has 0 atom stereocenters. The number of anilines is 1. The van der Waals surface area contributed by atoms with Gasteiger partial charge in [-0.3, -0.25) is 4.79 Å². The fourth-order valence-corrected chi connectivity index (χ4v) is 2.54. The van der Waals surface area contributed by atoms with E-state index in [9.17, 15) is 9.59 Å². The van der Waals surface area contributed by atoms with Crippen LogP contribution in [0.1, 0.15) is 27.9 Å². The highest BCUT2D eigenvalue weighted by Gasteiger charge is 2.17. The molecule has 0 saturated heterocycles. The Morgan fingerprint density at radius 1 is 1.48 bits per heavy atom. The maximum Gasteiger partial charge on any atom is 0.352 e. The van der Waals surface area contributed by atoms with E-state index in [2.05, 4.69) is 14.9 Å². The lowest BCUT2D eigenvalue weighted by molar-refractivity contribution is -0.119. The third-order valence-electron chi connectivity index (χ3n) is 2.78. The first-order valence-corrected chi connectivity index (χ1v) is 7.68. The molecule has 2 rings (SSSR count). The van der Waals surface area contributed by atoms with Crippen molar-refractivity contribution in [3.05, 3.63) is 39.4 Å². The molecular weight excluding hydrogens is 340 g/mol. The normalized spacial score (nSPS) is 9.96. The third-order valence-corrected chi connectivity index (χ3v) is 3.84. The summed E-state index contributed by atoms with van der Waals surface area (Å²) in [6.07, 6.45) is 0.552. The summed E-state index contributed by atoms with van der Waals surface area (Å²) in [5, 5.41) is 15.3. The molecule has 118 valence electrons. The number of nitrogens with zero attached hydrogens (tertiary/aromatic N) is 3. The molecule has 0 aliphatic carbocycles. The van der Waals surface area contributed by atoms with Crippen LogP contribution in [0, 0.1) is 11.3 Å². The zero-order chi connectivity index (χ0) is 16.8. The second kappa shape index (κ2) is 7.67. The van der Waals surface area contributed by atoms with Crippen LogP contribution in [0.2, 0.25) is 5.02 Å². The van der Waals surface area contributed by atoms with E-state index in [0.29, 0.717) is 28.2 Å². The van der Waals surface area contributed by atoms with Crippen molar-refractivity contribution in [1.29, 1.82) is 5.26 Å². The molecule has 0 unspecified atom stereocenters. The van der Waals surface area contributed by atoms with Crippen LogP contribution in [-0.4, -0.2) is 28.1 Å². The second-order valence-corrected chi connectivity index (χ2v) is 5.49. The van der Waals surface area contributed by atoms with Gasteiger partial charge in [0.25, 0.3) is 5.91 Å². The van der Waals surface area contributed by atoms with Crippen LogP contribution < -0.4 is 5.32 Å². The van der Waals surface area contributed by atoms with Gasteiger partial charge in [0.1, 0.15) is 6.07 Å². The molecule has 0 spiro atoms. The van der Waals surface area contributed by atoms with Crippen LogP contribution in [0.5, 0.6) is 0 Å². The number of benzene rings is 1. The number of carbonyl (C=O) groups is 2. The van der Waals surface area contributed by atoms with Crippen molar-refractivity contribution in [3.63, 3.8) is 0 Å². The smallest absolute Gasteiger partial charge is 0.352 e.